The molecule has 4 rings (SSSR count). The zero-order valence-electron chi connectivity index (χ0n) is 15.5. The van der Waals surface area contributed by atoms with E-state index in [2.05, 4.69) is 10.2 Å². The van der Waals surface area contributed by atoms with E-state index < -0.39 is 23.9 Å². The van der Waals surface area contributed by atoms with Crippen molar-refractivity contribution in [3.8, 4) is 17.2 Å². The van der Waals surface area contributed by atoms with E-state index in [0.29, 0.717) is 23.4 Å². The smallest absolute Gasteiger partial charge is 0.314 e. The zero-order chi connectivity index (χ0) is 20.8. The molecule has 1 aliphatic rings. The molecule has 0 saturated carbocycles. The molecule has 0 radical (unpaired) electrons. The number of rotatable bonds is 4. The Kier molecular flexibility index (Phi) is 4.52. The van der Waals surface area contributed by atoms with Crippen LogP contribution in [-0.4, -0.2) is 27.5 Å². The van der Waals surface area contributed by atoms with Crippen molar-refractivity contribution in [3.05, 3.63) is 65.3 Å². The van der Waals surface area contributed by atoms with Gasteiger partial charge in [0.05, 0.1) is 5.56 Å². The molecule has 0 fully saturated rings. The van der Waals surface area contributed by atoms with E-state index in [0.717, 1.165) is 0 Å². The topological polar surface area (TPSA) is 68.5 Å². The van der Waals surface area contributed by atoms with Crippen molar-refractivity contribution in [2.24, 2.45) is 0 Å². The molecule has 1 amide bonds. The second-order valence-corrected chi connectivity index (χ2v) is 6.60. The molecule has 6 nitrogen and oxygen atoms in total. The molecule has 1 aliphatic heterocycles. The van der Waals surface area contributed by atoms with Crippen LogP contribution in [0.1, 0.15) is 42.1 Å². The van der Waals surface area contributed by atoms with Crippen molar-refractivity contribution in [2.45, 2.75) is 26.0 Å². The molecule has 150 valence electrons. The molecule has 2 heterocycles. The Bertz CT molecular complexity index is 1070. The molecule has 0 spiro atoms. The van der Waals surface area contributed by atoms with E-state index in [9.17, 15) is 18.0 Å². The normalized spacial score (nSPS) is 18.7. The molecule has 9 heteroatoms. The number of carbonyl (C=O) groups is 1. The zero-order valence-corrected chi connectivity index (χ0v) is 15.5. The van der Waals surface area contributed by atoms with E-state index in [4.69, 9.17) is 9.15 Å². The number of amides is 1. The highest BCUT2D eigenvalue weighted by Crippen LogP contribution is 2.41. The van der Waals surface area contributed by atoms with Gasteiger partial charge >= 0.3 is 6.43 Å². The van der Waals surface area contributed by atoms with Gasteiger partial charge in [0, 0.05) is 17.7 Å². The van der Waals surface area contributed by atoms with E-state index in [1.807, 2.05) is 0 Å². The van der Waals surface area contributed by atoms with E-state index in [1.165, 1.54) is 23.1 Å². The molecule has 0 N–H and O–H groups in total. The number of aromatic nitrogens is 2. The number of carbonyl (C=O) groups excluding carboxylic acids is 1. The fraction of sp³-hybridized carbons (Fsp3) is 0.250. The summed E-state index contributed by atoms with van der Waals surface area (Å²) in [6, 6.07) is 10.3. The third-order valence-corrected chi connectivity index (χ3v) is 4.85. The number of halogens is 3. The lowest BCUT2D eigenvalue weighted by Gasteiger charge is -2.44. The molecule has 1 atom stereocenters. The summed E-state index contributed by atoms with van der Waals surface area (Å²) in [5.74, 6) is -1.32. The SMILES string of the molecule is CCN1C(=O)c2cc(-c3nnc(C(F)F)o3)ccc2OC1(C)c1ccc(F)cc1. The van der Waals surface area contributed by atoms with E-state index in [-0.39, 0.29) is 17.4 Å². The summed E-state index contributed by atoms with van der Waals surface area (Å²) in [5.41, 5.74) is 0.0334. The Balaban J connectivity index is 1.76. The lowest BCUT2D eigenvalue weighted by Crippen LogP contribution is -2.54. The first-order valence-electron chi connectivity index (χ1n) is 8.86. The Labute approximate surface area is 163 Å². The third kappa shape index (κ3) is 3.12. The largest absolute Gasteiger partial charge is 0.463 e. The molecule has 0 bridgehead atoms. The second-order valence-electron chi connectivity index (χ2n) is 6.60. The van der Waals surface area contributed by atoms with Gasteiger partial charge in [-0.15, -0.1) is 10.2 Å². The van der Waals surface area contributed by atoms with Crippen molar-refractivity contribution in [1.82, 2.24) is 15.1 Å². The number of benzene rings is 2. The first-order chi connectivity index (χ1) is 13.8. The molecular weight excluding hydrogens is 387 g/mol. The highest BCUT2D eigenvalue weighted by molar-refractivity contribution is 5.99. The average Bonchev–Trinajstić information content (AvgIpc) is 3.19. The summed E-state index contributed by atoms with van der Waals surface area (Å²) in [6.07, 6.45) is -2.88. The minimum absolute atomic E-state index is 0.120. The number of hydrogen-bond acceptors (Lipinski definition) is 5. The Hall–Kier alpha value is -3.36. The minimum Gasteiger partial charge on any atom is -0.463 e. The number of alkyl halides is 2. The van der Waals surface area contributed by atoms with Crippen LogP contribution in [0.15, 0.2) is 46.9 Å². The average molecular weight is 403 g/mol. The van der Waals surface area contributed by atoms with Crippen molar-refractivity contribution < 1.29 is 27.1 Å². The summed E-state index contributed by atoms with van der Waals surface area (Å²) < 4.78 is 49.8. The van der Waals surface area contributed by atoms with Crippen molar-refractivity contribution in [2.75, 3.05) is 6.54 Å². The lowest BCUT2D eigenvalue weighted by atomic mass is 9.97. The van der Waals surface area contributed by atoms with Crippen molar-refractivity contribution in [3.63, 3.8) is 0 Å². The van der Waals surface area contributed by atoms with Gasteiger partial charge in [0.25, 0.3) is 11.8 Å². The maximum absolute atomic E-state index is 13.3. The highest BCUT2D eigenvalue weighted by atomic mass is 19.3. The summed E-state index contributed by atoms with van der Waals surface area (Å²) in [7, 11) is 0. The van der Waals surface area contributed by atoms with Crippen LogP contribution >= 0.6 is 0 Å². The van der Waals surface area contributed by atoms with Gasteiger partial charge < -0.3 is 9.15 Å². The van der Waals surface area contributed by atoms with Crippen LogP contribution in [0.2, 0.25) is 0 Å². The predicted molar refractivity (Wildman–Crippen MR) is 95.8 cm³/mol. The van der Waals surface area contributed by atoms with Gasteiger partial charge in [-0.2, -0.15) is 8.78 Å². The first kappa shape index (κ1) is 19.0. The van der Waals surface area contributed by atoms with Crippen LogP contribution in [0, 0.1) is 5.82 Å². The van der Waals surface area contributed by atoms with Crippen LogP contribution in [0.3, 0.4) is 0 Å². The fourth-order valence-electron chi connectivity index (χ4n) is 3.39. The Morgan fingerprint density at radius 2 is 1.86 bits per heavy atom. The maximum Gasteiger partial charge on any atom is 0.314 e. The fourth-order valence-corrected chi connectivity index (χ4v) is 3.39. The van der Waals surface area contributed by atoms with Gasteiger partial charge in [-0.25, -0.2) is 4.39 Å². The van der Waals surface area contributed by atoms with E-state index >= 15 is 0 Å². The standard InChI is InChI=1S/C20H16F3N3O3/c1-3-26-19(27)14-10-11(17-24-25-18(28-17)16(22)23)4-9-15(14)29-20(26,2)12-5-7-13(21)8-6-12/h4-10,16H,3H2,1-2H3. The molecule has 3 aromatic rings. The predicted octanol–water partition coefficient (Wildman–Crippen LogP) is 4.54. The molecular formula is C20H16F3N3O3. The quantitative estimate of drug-likeness (QED) is 0.640. The molecule has 1 unspecified atom stereocenters. The van der Waals surface area contributed by atoms with Crippen molar-refractivity contribution >= 4 is 5.91 Å². The molecule has 0 aliphatic carbocycles. The third-order valence-electron chi connectivity index (χ3n) is 4.85. The van der Waals surface area contributed by atoms with Crippen molar-refractivity contribution in [1.29, 1.82) is 0 Å². The van der Waals surface area contributed by atoms with Crippen LogP contribution in [0.25, 0.3) is 11.5 Å². The van der Waals surface area contributed by atoms with Gasteiger partial charge in [0.2, 0.25) is 11.6 Å². The second kappa shape index (κ2) is 6.91. The van der Waals surface area contributed by atoms with Gasteiger partial charge in [-0.1, -0.05) is 12.1 Å². The highest BCUT2D eigenvalue weighted by Gasteiger charge is 2.44. The minimum atomic E-state index is -2.88. The summed E-state index contributed by atoms with van der Waals surface area (Å²) >= 11 is 0. The van der Waals surface area contributed by atoms with Gasteiger partial charge in [0.1, 0.15) is 11.6 Å². The lowest BCUT2D eigenvalue weighted by molar-refractivity contribution is -0.0659. The number of nitrogens with zero attached hydrogens (tertiary/aromatic N) is 3. The van der Waals surface area contributed by atoms with Gasteiger partial charge in [-0.05, 0) is 44.2 Å². The maximum atomic E-state index is 13.3. The van der Waals surface area contributed by atoms with Crippen LogP contribution in [0.4, 0.5) is 13.2 Å². The number of hydrogen-bond donors (Lipinski definition) is 0. The summed E-state index contributed by atoms with van der Waals surface area (Å²) in [5, 5.41) is 6.91. The van der Waals surface area contributed by atoms with Gasteiger partial charge in [-0.3, -0.25) is 9.69 Å². The molecule has 1 aromatic heterocycles. The molecule has 29 heavy (non-hydrogen) atoms. The summed E-state index contributed by atoms with van der Waals surface area (Å²) in [6.45, 7) is 3.85. The summed E-state index contributed by atoms with van der Waals surface area (Å²) in [4.78, 5) is 14.7. The monoisotopic (exact) mass is 403 g/mol. The molecule has 0 saturated heterocycles. The van der Waals surface area contributed by atoms with E-state index in [1.54, 1.807) is 38.1 Å². The molecule has 2 aromatic carbocycles. The number of ether oxygens (including phenoxy) is 1. The Morgan fingerprint density at radius 3 is 2.48 bits per heavy atom. The van der Waals surface area contributed by atoms with Crippen LogP contribution < -0.4 is 4.74 Å². The number of fused-ring (bicyclic) bond motifs is 1. The van der Waals surface area contributed by atoms with Gasteiger partial charge in [0.15, 0.2) is 0 Å². The first-order valence-corrected chi connectivity index (χ1v) is 8.86. The van der Waals surface area contributed by atoms with Crippen LogP contribution in [0.5, 0.6) is 5.75 Å². The Morgan fingerprint density at radius 1 is 1.14 bits per heavy atom. The van der Waals surface area contributed by atoms with Crippen LogP contribution in [-0.2, 0) is 5.72 Å².